The van der Waals surface area contributed by atoms with Crippen molar-refractivity contribution in [3.05, 3.63) is 28.3 Å². The molecule has 0 saturated carbocycles. The van der Waals surface area contributed by atoms with Crippen LogP contribution in [0, 0.1) is 16.0 Å². The van der Waals surface area contributed by atoms with Gasteiger partial charge >= 0.3 is 0 Å². The predicted molar refractivity (Wildman–Crippen MR) is 92.0 cm³/mol. The molecule has 1 saturated heterocycles. The SMILES string of the molecule is COc1cc([N+](=O)[O-])ccc1S(=O)(=O)N1CCC(C)CC1CN.Cl. The fraction of sp³-hybridized carbons (Fsp3) is 0.571. The Morgan fingerprint density at radius 2 is 2.12 bits per heavy atom. The van der Waals surface area contributed by atoms with E-state index in [4.69, 9.17) is 10.5 Å². The molecule has 1 aliphatic heterocycles. The molecule has 2 atom stereocenters. The zero-order valence-corrected chi connectivity index (χ0v) is 15.2. The molecule has 1 heterocycles. The predicted octanol–water partition coefficient (Wildman–Crippen LogP) is 1.77. The van der Waals surface area contributed by atoms with Crippen LogP contribution in [0.1, 0.15) is 19.8 Å². The Hall–Kier alpha value is -1.42. The van der Waals surface area contributed by atoms with E-state index in [2.05, 4.69) is 6.92 Å². The summed E-state index contributed by atoms with van der Waals surface area (Å²) in [5.74, 6) is 0.377. The van der Waals surface area contributed by atoms with Crippen LogP contribution in [0.5, 0.6) is 5.75 Å². The van der Waals surface area contributed by atoms with Crippen LogP contribution in [0.2, 0.25) is 0 Å². The van der Waals surface area contributed by atoms with Crippen LogP contribution in [0.3, 0.4) is 0 Å². The minimum absolute atomic E-state index is 0. The van der Waals surface area contributed by atoms with Crippen molar-refractivity contribution in [2.75, 3.05) is 20.2 Å². The molecular weight excluding hydrogens is 358 g/mol. The molecule has 1 aromatic rings. The van der Waals surface area contributed by atoms with Gasteiger partial charge in [0.15, 0.2) is 0 Å². The summed E-state index contributed by atoms with van der Waals surface area (Å²) in [4.78, 5) is 10.2. The monoisotopic (exact) mass is 379 g/mol. The van der Waals surface area contributed by atoms with Crippen LogP contribution >= 0.6 is 12.4 Å². The Bertz CT molecular complexity index is 698. The molecule has 24 heavy (non-hydrogen) atoms. The van der Waals surface area contributed by atoms with Gasteiger partial charge in [0.25, 0.3) is 5.69 Å². The highest BCUT2D eigenvalue weighted by molar-refractivity contribution is 7.89. The summed E-state index contributed by atoms with van der Waals surface area (Å²) in [6.45, 7) is 2.68. The van der Waals surface area contributed by atoms with E-state index in [1.165, 1.54) is 23.5 Å². The molecule has 0 amide bonds. The van der Waals surface area contributed by atoms with Crippen molar-refractivity contribution >= 4 is 28.1 Å². The quantitative estimate of drug-likeness (QED) is 0.615. The first-order chi connectivity index (χ1) is 10.8. The van der Waals surface area contributed by atoms with Crippen LogP contribution in [0.4, 0.5) is 5.69 Å². The van der Waals surface area contributed by atoms with Gasteiger partial charge in [-0.3, -0.25) is 10.1 Å². The first-order valence-corrected chi connectivity index (χ1v) is 8.79. The lowest BCUT2D eigenvalue weighted by atomic mass is 9.94. The number of sulfonamides is 1. The van der Waals surface area contributed by atoms with Crippen LogP contribution in [-0.4, -0.2) is 43.9 Å². The normalized spacial score (nSPS) is 21.8. The van der Waals surface area contributed by atoms with Crippen LogP contribution in [0.15, 0.2) is 23.1 Å². The summed E-state index contributed by atoms with van der Waals surface area (Å²) in [6.07, 6.45) is 1.45. The molecule has 8 nitrogen and oxygen atoms in total. The number of nitro benzene ring substituents is 1. The van der Waals surface area contributed by atoms with Gasteiger partial charge in [-0.25, -0.2) is 8.42 Å². The molecule has 0 radical (unpaired) electrons. The molecule has 0 bridgehead atoms. The Labute approximate surface area is 147 Å². The number of hydrogen-bond acceptors (Lipinski definition) is 6. The number of nitrogens with zero attached hydrogens (tertiary/aromatic N) is 2. The molecular formula is C14H22ClN3O5S. The minimum atomic E-state index is -3.83. The van der Waals surface area contributed by atoms with E-state index in [9.17, 15) is 18.5 Å². The number of piperidine rings is 1. The van der Waals surface area contributed by atoms with Crippen molar-refractivity contribution in [3.63, 3.8) is 0 Å². The number of rotatable bonds is 5. The largest absolute Gasteiger partial charge is 0.495 e. The number of non-ortho nitro benzene ring substituents is 1. The van der Waals surface area contributed by atoms with Crippen LogP contribution < -0.4 is 10.5 Å². The number of hydrogen-bond donors (Lipinski definition) is 1. The van der Waals surface area contributed by atoms with Gasteiger partial charge in [-0.1, -0.05) is 6.92 Å². The van der Waals surface area contributed by atoms with E-state index in [1.807, 2.05) is 0 Å². The van der Waals surface area contributed by atoms with Crippen LogP contribution in [-0.2, 0) is 10.0 Å². The molecule has 2 unspecified atom stereocenters. The number of halogens is 1. The maximum Gasteiger partial charge on any atom is 0.273 e. The third-order valence-electron chi connectivity index (χ3n) is 4.14. The number of benzene rings is 1. The van der Waals surface area contributed by atoms with E-state index < -0.39 is 14.9 Å². The average molecular weight is 380 g/mol. The van der Waals surface area contributed by atoms with Crippen molar-refractivity contribution in [2.24, 2.45) is 11.7 Å². The minimum Gasteiger partial charge on any atom is -0.495 e. The van der Waals surface area contributed by atoms with E-state index in [-0.39, 0.29) is 41.3 Å². The summed E-state index contributed by atoms with van der Waals surface area (Å²) in [5, 5.41) is 10.8. The standard InChI is InChI=1S/C14H21N3O5S.ClH/c1-10-5-6-16(12(7-10)9-15)23(20,21)14-4-3-11(17(18)19)8-13(14)22-2;/h3-4,8,10,12H,5-7,9,15H2,1-2H3;1H. The second-order valence-corrected chi connectivity index (χ2v) is 7.59. The molecule has 1 aliphatic rings. The first kappa shape index (κ1) is 20.6. The highest BCUT2D eigenvalue weighted by atomic mass is 35.5. The highest BCUT2D eigenvalue weighted by Crippen LogP contribution is 2.34. The second-order valence-electron chi connectivity index (χ2n) is 5.73. The van der Waals surface area contributed by atoms with Crippen molar-refractivity contribution < 1.29 is 18.1 Å². The smallest absolute Gasteiger partial charge is 0.273 e. The Morgan fingerprint density at radius 1 is 1.46 bits per heavy atom. The maximum atomic E-state index is 12.9. The number of ether oxygens (including phenoxy) is 1. The van der Waals surface area contributed by atoms with Crippen molar-refractivity contribution in [3.8, 4) is 5.75 Å². The summed E-state index contributed by atoms with van der Waals surface area (Å²) < 4.78 is 32.3. The molecule has 1 fully saturated rings. The van der Waals surface area contributed by atoms with E-state index in [0.29, 0.717) is 18.9 Å². The summed E-state index contributed by atoms with van der Waals surface area (Å²) in [5.41, 5.74) is 5.52. The molecule has 10 heteroatoms. The number of methoxy groups -OCH3 is 1. The topological polar surface area (TPSA) is 116 Å². The van der Waals surface area contributed by atoms with E-state index in [0.717, 1.165) is 12.5 Å². The van der Waals surface area contributed by atoms with Gasteiger partial charge in [0.1, 0.15) is 10.6 Å². The van der Waals surface area contributed by atoms with Crippen molar-refractivity contribution in [1.82, 2.24) is 4.31 Å². The van der Waals surface area contributed by atoms with Gasteiger partial charge < -0.3 is 10.5 Å². The van der Waals surface area contributed by atoms with E-state index >= 15 is 0 Å². The zero-order valence-electron chi connectivity index (χ0n) is 13.5. The molecule has 0 aliphatic carbocycles. The lowest BCUT2D eigenvalue weighted by Gasteiger charge is -2.37. The Morgan fingerprint density at radius 3 is 2.67 bits per heavy atom. The molecule has 0 spiro atoms. The van der Waals surface area contributed by atoms with Gasteiger partial charge in [0.2, 0.25) is 10.0 Å². The molecule has 136 valence electrons. The van der Waals surface area contributed by atoms with Gasteiger partial charge in [0, 0.05) is 25.2 Å². The number of nitrogens with two attached hydrogens (primary N) is 1. The number of nitro groups is 1. The fourth-order valence-electron chi connectivity index (χ4n) is 2.87. The highest BCUT2D eigenvalue weighted by Gasteiger charge is 2.36. The van der Waals surface area contributed by atoms with Crippen molar-refractivity contribution in [2.45, 2.75) is 30.7 Å². The lowest BCUT2D eigenvalue weighted by molar-refractivity contribution is -0.385. The first-order valence-electron chi connectivity index (χ1n) is 7.35. The summed E-state index contributed by atoms with van der Waals surface area (Å²) >= 11 is 0. The van der Waals surface area contributed by atoms with Gasteiger partial charge in [-0.2, -0.15) is 4.31 Å². The maximum absolute atomic E-state index is 12.9. The zero-order chi connectivity index (χ0) is 17.2. The molecule has 1 aromatic carbocycles. The second kappa shape index (κ2) is 8.11. The van der Waals surface area contributed by atoms with Crippen LogP contribution in [0.25, 0.3) is 0 Å². The van der Waals surface area contributed by atoms with Gasteiger partial charge in [0.05, 0.1) is 18.1 Å². The van der Waals surface area contributed by atoms with E-state index in [1.54, 1.807) is 0 Å². The summed E-state index contributed by atoms with van der Waals surface area (Å²) in [7, 11) is -2.54. The summed E-state index contributed by atoms with van der Waals surface area (Å²) in [6, 6.07) is 3.23. The van der Waals surface area contributed by atoms with Gasteiger partial charge in [-0.05, 0) is 24.8 Å². The average Bonchev–Trinajstić information content (AvgIpc) is 2.53. The molecule has 2 N–H and O–H groups in total. The Balaban J connectivity index is 0.00000288. The fourth-order valence-corrected chi connectivity index (χ4v) is 4.67. The third kappa shape index (κ3) is 3.97. The third-order valence-corrected chi connectivity index (χ3v) is 6.13. The van der Waals surface area contributed by atoms with Gasteiger partial charge in [-0.15, -0.1) is 12.4 Å². The molecule has 0 aromatic heterocycles. The Kier molecular flexibility index (Phi) is 6.97. The molecule has 2 rings (SSSR count). The lowest BCUT2D eigenvalue weighted by Crippen LogP contribution is -2.49. The van der Waals surface area contributed by atoms with Crippen molar-refractivity contribution in [1.29, 1.82) is 0 Å².